The summed E-state index contributed by atoms with van der Waals surface area (Å²) in [4.78, 5) is 4.71. The molecule has 0 heterocycles. The highest BCUT2D eigenvalue weighted by Crippen LogP contribution is 2.41. The van der Waals surface area contributed by atoms with Crippen LogP contribution in [0.3, 0.4) is 0 Å². The van der Waals surface area contributed by atoms with Crippen molar-refractivity contribution in [2.45, 2.75) is 31.7 Å². The number of nitrogens with zero attached hydrogens (tertiary/aromatic N) is 2. The third-order valence-corrected chi connectivity index (χ3v) is 3.84. The van der Waals surface area contributed by atoms with Crippen LogP contribution < -0.4 is 5.73 Å². The van der Waals surface area contributed by atoms with Gasteiger partial charge in [-0.15, -0.1) is 0 Å². The largest absolute Gasteiger partial charge is 0.329 e. The van der Waals surface area contributed by atoms with Gasteiger partial charge in [-0.25, -0.2) is 0 Å². The zero-order valence-electron chi connectivity index (χ0n) is 10.8. The van der Waals surface area contributed by atoms with Crippen molar-refractivity contribution in [3.8, 4) is 0 Å². The van der Waals surface area contributed by atoms with E-state index < -0.39 is 0 Å². The van der Waals surface area contributed by atoms with Crippen LogP contribution in [0.25, 0.3) is 0 Å². The van der Waals surface area contributed by atoms with Gasteiger partial charge in [0.25, 0.3) is 0 Å². The van der Waals surface area contributed by atoms with Crippen LogP contribution in [0.4, 0.5) is 0 Å². The van der Waals surface area contributed by atoms with E-state index in [9.17, 15) is 0 Å². The zero-order valence-corrected chi connectivity index (χ0v) is 10.8. The normalized spacial score (nSPS) is 21.0. The maximum atomic E-state index is 5.93. The van der Waals surface area contributed by atoms with Gasteiger partial charge < -0.3 is 10.6 Å². The number of nitrogens with two attached hydrogens (primary N) is 1. The van der Waals surface area contributed by atoms with Crippen molar-refractivity contribution in [1.82, 2.24) is 9.80 Å². The van der Waals surface area contributed by atoms with E-state index >= 15 is 0 Å². The molecule has 0 aliphatic heterocycles. The van der Waals surface area contributed by atoms with Crippen molar-refractivity contribution in [2.75, 3.05) is 40.8 Å². The minimum absolute atomic E-state index is 0.242. The number of hydrogen-bond donors (Lipinski definition) is 1. The van der Waals surface area contributed by atoms with Crippen molar-refractivity contribution < 1.29 is 0 Å². The molecule has 1 rings (SSSR count). The minimum atomic E-state index is 0.242. The summed E-state index contributed by atoms with van der Waals surface area (Å²) in [6.45, 7) is 5.43. The van der Waals surface area contributed by atoms with Crippen LogP contribution in [0.15, 0.2) is 0 Å². The number of likely N-dealkylation sites (N-methyl/N-ethyl adjacent to an activating group) is 1. The van der Waals surface area contributed by atoms with Crippen LogP contribution in [0.2, 0.25) is 0 Å². The number of hydrogen-bond acceptors (Lipinski definition) is 3. The topological polar surface area (TPSA) is 32.5 Å². The maximum Gasteiger partial charge on any atom is 0.0328 e. The lowest BCUT2D eigenvalue weighted by molar-refractivity contribution is 0.116. The maximum absolute atomic E-state index is 5.93. The summed E-state index contributed by atoms with van der Waals surface area (Å²) in [6, 6.07) is 0. The summed E-state index contributed by atoms with van der Waals surface area (Å²) in [6.07, 6.45) is 3.96. The van der Waals surface area contributed by atoms with Crippen LogP contribution in [0.5, 0.6) is 0 Å². The fraction of sp³-hybridized carbons (Fsp3) is 1.00. The second kappa shape index (κ2) is 5.28. The predicted octanol–water partition coefficient (Wildman–Crippen LogP) is 0.997. The molecule has 3 heteroatoms. The van der Waals surface area contributed by atoms with E-state index in [1.165, 1.54) is 19.3 Å². The molecule has 1 atom stereocenters. The van der Waals surface area contributed by atoms with E-state index in [0.29, 0.717) is 0 Å². The van der Waals surface area contributed by atoms with Gasteiger partial charge in [0.05, 0.1) is 0 Å². The van der Waals surface area contributed by atoms with E-state index in [1.54, 1.807) is 0 Å². The molecule has 1 saturated carbocycles. The monoisotopic (exact) mass is 213 g/mol. The molecular formula is C12H27N3. The van der Waals surface area contributed by atoms with E-state index in [4.69, 9.17) is 5.73 Å². The third-order valence-electron chi connectivity index (χ3n) is 3.84. The van der Waals surface area contributed by atoms with Crippen LogP contribution >= 0.6 is 0 Å². The summed E-state index contributed by atoms with van der Waals surface area (Å²) in [5, 5.41) is 0. The highest BCUT2D eigenvalue weighted by atomic mass is 15.2. The van der Waals surface area contributed by atoms with Gasteiger partial charge in [-0.1, -0.05) is 0 Å². The van der Waals surface area contributed by atoms with Gasteiger partial charge in [-0.2, -0.15) is 0 Å². The Morgan fingerprint density at radius 3 is 2.20 bits per heavy atom. The zero-order chi connectivity index (χ0) is 11.5. The van der Waals surface area contributed by atoms with Crippen molar-refractivity contribution >= 4 is 0 Å². The van der Waals surface area contributed by atoms with Crippen molar-refractivity contribution in [1.29, 1.82) is 0 Å². The quantitative estimate of drug-likeness (QED) is 0.685. The van der Waals surface area contributed by atoms with Crippen LogP contribution in [-0.2, 0) is 0 Å². The van der Waals surface area contributed by atoms with Gasteiger partial charge in [0.15, 0.2) is 0 Å². The summed E-state index contributed by atoms with van der Waals surface area (Å²) in [5.74, 6) is 0.840. The van der Waals surface area contributed by atoms with Crippen LogP contribution in [0, 0.1) is 5.92 Å². The van der Waals surface area contributed by atoms with Gasteiger partial charge in [-0.05, 0) is 66.3 Å². The molecule has 1 fully saturated rings. The van der Waals surface area contributed by atoms with E-state index in [-0.39, 0.29) is 5.54 Å². The van der Waals surface area contributed by atoms with Gasteiger partial charge in [-0.3, -0.25) is 4.90 Å². The van der Waals surface area contributed by atoms with E-state index in [1.807, 2.05) is 0 Å². The molecule has 1 unspecified atom stereocenters. The molecule has 0 amide bonds. The fourth-order valence-electron chi connectivity index (χ4n) is 2.22. The molecule has 0 saturated heterocycles. The first-order valence-corrected chi connectivity index (χ1v) is 6.06. The second-order valence-corrected chi connectivity index (χ2v) is 5.41. The summed E-state index contributed by atoms with van der Waals surface area (Å²) in [7, 11) is 6.48. The molecule has 0 bridgehead atoms. The molecule has 0 radical (unpaired) electrons. The Bertz CT molecular complexity index is 189. The molecule has 3 nitrogen and oxygen atoms in total. The third kappa shape index (κ3) is 3.44. The predicted molar refractivity (Wildman–Crippen MR) is 66.0 cm³/mol. The summed E-state index contributed by atoms with van der Waals surface area (Å²) in [5.41, 5.74) is 6.17. The first-order valence-electron chi connectivity index (χ1n) is 6.06. The molecular weight excluding hydrogens is 186 g/mol. The molecule has 0 aromatic carbocycles. The molecule has 0 spiro atoms. The summed E-state index contributed by atoms with van der Waals surface area (Å²) >= 11 is 0. The molecule has 1 aliphatic rings. The second-order valence-electron chi connectivity index (χ2n) is 5.41. The lowest BCUT2D eigenvalue weighted by Gasteiger charge is -2.38. The Balaban J connectivity index is 2.33. The first-order chi connectivity index (χ1) is 7.00. The highest BCUT2D eigenvalue weighted by Gasteiger charge is 2.42. The standard InChI is InChI=1S/C12H27N3/c1-12(10-13,11-6-7-11)15(4)9-5-8-14(2)3/h11H,5-10,13H2,1-4H3. The van der Waals surface area contributed by atoms with Gasteiger partial charge in [0, 0.05) is 12.1 Å². The van der Waals surface area contributed by atoms with Gasteiger partial charge in [0.1, 0.15) is 0 Å². The van der Waals surface area contributed by atoms with Crippen molar-refractivity contribution in [3.05, 3.63) is 0 Å². The Morgan fingerprint density at radius 2 is 1.80 bits per heavy atom. The molecule has 2 N–H and O–H groups in total. The average Bonchev–Trinajstić information content (AvgIpc) is 2.99. The van der Waals surface area contributed by atoms with Gasteiger partial charge in [0.2, 0.25) is 0 Å². The first kappa shape index (κ1) is 12.9. The summed E-state index contributed by atoms with van der Waals surface area (Å²) < 4.78 is 0. The minimum Gasteiger partial charge on any atom is -0.329 e. The van der Waals surface area contributed by atoms with E-state index in [0.717, 1.165) is 25.6 Å². The Labute approximate surface area is 94.6 Å². The fourth-order valence-corrected chi connectivity index (χ4v) is 2.22. The lowest BCUT2D eigenvalue weighted by Crippen LogP contribution is -2.52. The molecule has 90 valence electrons. The van der Waals surface area contributed by atoms with Gasteiger partial charge >= 0.3 is 0 Å². The SMILES string of the molecule is CN(C)CCCN(C)C(C)(CN)C1CC1. The average molecular weight is 213 g/mol. The smallest absolute Gasteiger partial charge is 0.0328 e. The molecule has 1 aliphatic carbocycles. The van der Waals surface area contributed by atoms with Crippen molar-refractivity contribution in [2.24, 2.45) is 11.7 Å². The van der Waals surface area contributed by atoms with Crippen LogP contribution in [0.1, 0.15) is 26.2 Å². The Kier molecular flexibility index (Phi) is 4.56. The molecule has 0 aromatic rings. The Hall–Kier alpha value is -0.120. The highest BCUT2D eigenvalue weighted by molar-refractivity contribution is 4.99. The lowest BCUT2D eigenvalue weighted by atomic mass is 9.94. The van der Waals surface area contributed by atoms with Crippen molar-refractivity contribution in [3.63, 3.8) is 0 Å². The number of rotatable bonds is 7. The molecule has 0 aromatic heterocycles. The van der Waals surface area contributed by atoms with E-state index in [2.05, 4.69) is 37.9 Å². The van der Waals surface area contributed by atoms with Crippen LogP contribution in [-0.4, -0.2) is 56.1 Å². The molecule has 15 heavy (non-hydrogen) atoms. The Morgan fingerprint density at radius 1 is 1.20 bits per heavy atom.